The molecule has 0 saturated carbocycles. The minimum atomic E-state index is -0.298. The van der Waals surface area contributed by atoms with Crippen LogP contribution in [0.15, 0.2) is 48.8 Å². The molecule has 0 atom stereocenters. The number of nitrogen functional groups attached to an aromatic ring is 1. The number of nitrogens with zero attached hydrogens (tertiary/aromatic N) is 1. The average molecular weight is 288 g/mol. The van der Waals surface area contributed by atoms with Crippen LogP contribution in [0.5, 0.6) is 0 Å². The standard InChI is InChI=1S/C8H10N2O2.C8H10O/c9-7-5-10-2-1-6(7)8-11-3-4-12-8;1-9-7-8-5-3-2-4-6-8/h1-2,5,8H,3-4,9H2;2-6H,7H2,1H3. The van der Waals surface area contributed by atoms with E-state index >= 15 is 0 Å². The van der Waals surface area contributed by atoms with E-state index in [1.165, 1.54) is 5.56 Å². The molecule has 5 heteroatoms. The van der Waals surface area contributed by atoms with E-state index in [2.05, 4.69) is 4.98 Å². The lowest BCUT2D eigenvalue weighted by Gasteiger charge is -2.10. The van der Waals surface area contributed by atoms with Gasteiger partial charge in [0.25, 0.3) is 0 Å². The Morgan fingerprint density at radius 1 is 1.19 bits per heavy atom. The van der Waals surface area contributed by atoms with E-state index in [1.807, 2.05) is 36.4 Å². The van der Waals surface area contributed by atoms with Gasteiger partial charge in [0, 0.05) is 18.9 Å². The van der Waals surface area contributed by atoms with Crippen LogP contribution in [-0.4, -0.2) is 25.3 Å². The van der Waals surface area contributed by atoms with E-state index in [4.69, 9.17) is 19.9 Å². The van der Waals surface area contributed by atoms with Crippen molar-refractivity contribution >= 4 is 5.69 Å². The monoisotopic (exact) mass is 288 g/mol. The predicted molar refractivity (Wildman–Crippen MR) is 80.4 cm³/mol. The second-order valence-corrected chi connectivity index (χ2v) is 4.50. The van der Waals surface area contributed by atoms with Crippen molar-refractivity contribution in [2.45, 2.75) is 12.9 Å². The topological polar surface area (TPSA) is 66.6 Å². The van der Waals surface area contributed by atoms with Gasteiger partial charge in [-0.2, -0.15) is 0 Å². The molecule has 2 N–H and O–H groups in total. The summed E-state index contributed by atoms with van der Waals surface area (Å²) in [6, 6.07) is 11.9. The Morgan fingerprint density at radius 3 is 2.52 bits per heavy atom. The Labute approximate surface area is 124 Å². The highest BCUT2D eigenvalue weighted by Gasteiger charge is 2.19. The minimum Gasteiger partial charge on any atom is -0.397 e. The van der Waals surface area contributed by atoms with Crippen molar-refractivity contribution in [3.05, 3.63) is 59.9 Å². The highest BCUT2D eigenvalue weighted by Crippen LogP contribution is 2.26. The van der Waals surface area contributed by atoms with Gasteiger partial charge in [-0.25, -0.2) is 0 Å². The van der Waals surface area contributed by atoms with Crippen LogP contribution >= 0.6 is 0 Å². The van der Waals surface area contributed by atoms with Crippen LogP contribution in [0.2, 0.25) is 0 Å². The molecular weight excluding hydrogens is 268 g/mol. The summed E-state index contributed by atoms with van der Waals surface area (Å²) in [5, 5.41) is 0. The van der Waals surface area contributed by atoms with Gasteiger partial charge in [0.2, 0.25) is 0 Å². The second kappa shape index (κ2) is 8.36. The fourth-order valence-electron chi connectivity index (χ4n) is 1.91. The lowest BCUT2D eigenvalue weighted by Crippen LogP contribution is -2.02. The van der Waals surface area contributed by atoms with Crippen LogP contribution in [0.1, 0.15) is 17.4 Å². The number of nitrogens with two attached hydrogens (primary N) is 1. The minimum absolute atomic E-state index is 0.298. The molecule has 3 rings (SSSR count). The molecule has 0 unspecified atom stereocenters. The zero-order valence-corrected chi connectivity index (χ0v) is 12.1. The first kappa shape index (κ1) is 15.4. The molecule has 0 spiro atoms. The van der Waals surface area contributed by atoms with E-state index in [0.717, 1.165) is 5.56 Å². The SMILES string of the molecule is COCc1ccccc1.Nc1cnccc1C1OCCO1. The number of anilines is 1. The van der Waals surface area contributed by atoms with Crippen molar-refractivity contribution in [1.29, 1.82) is 0 Å². The zero-order chi connectivity index (χ0) is 14.9. The molecule has 0 amide bonds. The van der Waals surface area contributed by atoms with Crippen LogP contribution < -0.4 is 5.73 Å². The first-order valence-corrected chi connectivity index (χ1v) is 6.76. The number of benzene rings is 1. The summed E-state index contributed by atoms with van der Waals surface area (Å²) in [4.78, 5) is 3.88. The van der Waals surface area contributed by atoms with Gasteiger partial charge in [0.05, 0.1) is 31.7 Å². The van der Waals surface area contributed by atoms with E-state index in [0.29, 0.717) is 25.5 Å². The largest absolute Gasteiger partial charge is 0.397 e. The molecule has 112 valence electrons. The van der Waals surface area contributed by atoms with Gasteiger partial charge in [-0.1, -0.05) is 30.3 Å². The smallest absolute Gasteiger partial charge is 0.186 e. The summed E-state index contributed by atoms with van der Waals surface area (Å²) in [5.41, 5.74) is 8.38. The van der Waals surface area contributed by atoms with Gasteiger partial charge >= 0.3 is 0 Å². The molecule has 21 heavy (non-hydrogen) atoms. The van der Waals surface area contributed by atoms with Crippen LogP contribution in [0.3, 0.4) is 0 Å². The van der Waals surface area contributed by atoms with Crippen molar-refractivity contribution in [2.75, 3.05) is 26.1 Å². The summed E-state index contributed by atoms with van der Waals surface area (Å²) in [7, 11) is 1.70. The number of rotatable bonds is 3. The van der Waals surface area contributed by atoms with Gasteiger partial charge in [0.1, 0.15) is 0 Å². The first-order valence-electron chi connectivity index (χ1n) is 6.76. The number of pyridine rings is 1. The van der Waals surface area contributed by atoms with Gasteiger partial charge in [0.15, 0.2) is 6.29 Å². The quantitative estimate of drug-likeness (QED) is 0.940. The number of methoxy groups -OCH3 is 1. The molecule has 5 nitrogen and oxygen atoms in total. The molecule has 2 heterocycles. The Balaban J connectivity index is 0.000000161. The molecule has 1 fully saturated rings. The van der Waals surface area contributed by atoms with Crippen molar-refractivity contribution < 1.29 is 14.2 Å². The summed E-state index contributed by atoms with van der Waals surface area (Å²) in [6.07, 6.45) is 2.98. The van der Waals surface area contributed by atoms with Gasteiger partial charge in [-0.15, -0.1) is 0 Å². The summed E-state index contributed by atoms with van der Waals surface area (Å²) in [6.45, 7) is 1.97. The van der Waals surface area contributed by atoms with Crippen molar-refractivity contribution in [2.24, 2.45) is 0 Å². The van der Waals surface area contributed by atoms with Gasteiger partial charge in [-0.05, 0) is 11.6 Å². The van der Waals surface area contributed by atoms with Gasteiger partial charge in [-0.3, -0.25) is 4.98 Å². The highest BCUT2D eigenvalue weighted by molar-refractivity contribution is 5.44. The van der Waals surface area contributed by atoms with Crippen LogP contribution in [0.4, 0.5) is 5.69 Å². The lowest BCUT2D eigenvalue weighted by atomic mass is 10.2. The molecule has 2 aromatic rings. The van der Waals surface area contributed by atoms with Crippen LogP contribution in [-0.2, 0) is 20.8 Å². The zero-order valence-electron chi connectivity index (χ0n) is 12.1. The third-order valence-electron chi connectivity index (χ3n) is 2.92. The molecule has 0 aliphatic carbocycles. The molecule has 1 aliphatic rings. The first-order chi connectivity index (χ1) is 10.3. The maximum absolute atomic E-state index is 5.68. The fourth-order valence-corrected chi connectivity index (χ4v) is 1.91. The summed E-state index contributed by atoms with van der Waals surface area (Å²) in [5.74, 6) is 0. The average Bonchev–Trinajstić information content (AvgIpc) is 3.04. The van der Waals surface area contributed by atoms with Gasteiger partial charge < -0.3 is 19.9 Å². The van der Waals surface area contributed by atoms with E-state index in [1.54, 1.807) is 19.5 Å². The molecule has 1 saturated heterocycles. The second-order valence-electron chi connectivity index (χ2n) is 4.50. The molecular formula is C16H20N2O3. The number of hydrogen-bond acceptors (Lipinski definition) is 5. The van der Waals surface area contributed by atoms with Crippen molar-refractivity contribution in [3.8, 4) is 0 Å². The maximum atomic E-state index is 5.68. The Kier molecular flexibility index (Phi) is 6.15. The van der Waals surface area contributed by atoms with Crippen LogP contribution in [0.25, 0.3) is 0 Å². The third kappa shape index (κ3) is 4.82. The Bertz CT molecular complexity index is 528. The Hall–Kier alpha value is -1.95. The number of ether oxygens (including phenoxy) is 3. The van der Waals surface area contributed by atoms with Crippen LogP contribution in [0, 0.1) is 0 Å². The van der Waals surface area contributed by atoms with Crippen molar-refractivity contribution in [1.82, 2.24) is 4.98 Å². The van der Waals surface area contributed by atoms with E-state index in [-0.39, 0.29) is 6.29 Å². The van der Waals surface area contributed by atoms with E-state index < -0.39 is 0 Å². The normalized spacial score (nSPS) is 14.5. The molecule has 0 bridgehead atoms. The highest BCUT2D eigenvalue weighted by atomic mass is 16.7. The summed E-state index contributed by atoms with van der Waals surface area (Å²) >= 11 is 0. The number of aromatic nitrogens is 1. The molecule has 1 aliphatic heterocycles. The lowest BCUT2D eigenvalue weighted by molar-refractivity contribution is -0.0435. The molecule has 0 radical (unpaired) electrons. The van der Waals surface area contributed by atoms with E-state index in [9.17, 15) is 0 Å². The fraction of sp³-hybridized carbons (Fsp3) is 0.312. The maximum Gasteiger partial charge on any atom is 0.186 e. The Morgan fingerprint density at radius 2 is 1.90 bits per heavy atom. The summed E-state index contributed by atoms with van der Waals surface area (Å²) < 4.78 is 15.5. The molecule has 1 aromatic heterocycles. The predicted octanol–water partition coefficient (Wildman–Crippen LogP) is 2.54. The van der Waals surface area contributed by atoms with Crippen molar-refractivity contribution in [3.63, 3.8) is 0 Å². The number of hydrogen-bond donors (Lipinski definition) is 1. The molecule has 1 aromatic carbocycles. The third-order valence-corrected chi connectivity index (χ3v) is 2.92.